The fraction of sp³-hybridized carbons (Fsp3) is 0.786. The molecule has 114 valence electrons. The highest BCUT2D eigenvalue weighted by atomic mass is 35.5. The molecule has 0 aromatic carbocycles. The molecule has 1 N–H and O–H groups in total. The Balaban J connectivity index is 1.88. The van der Waals surface area contributed by atoms with E-state index >= 15 is 0 Å². The summed E-state index contributed by atoms with van der Waals surface area (Å²) in [6, 6.07) is 0. The third kappa shape index (κ3) is 3.95. The molecule has 1 aliphatic heterocycles. The average molecular weight is 301 g/mol. The SMILES string of the molecule is Cc1nn(C)c(CN2CCN(CC(C)(C)O)CC2)c1Cl. The van der Waals surface area contributed by atoms with Crippen molar-refractivity contribution >= 4 is 11.6 Å². The molecule has 20 heavy (non-hydrogen) atoms. The molecular formula is C14H25ClN4O. The van der Waals surface area contributed by atoms with E-state index in [9.17, 15) is 5.11 Å². The summed E-state index contributed by atoms with van der Waals surface area (Å²) in [5, 5.41) is 15.0. The van der Waals surface area contributed by atoms with Gasteiger partial charge in [-0.05, 0) is 20.8 Å². The van der Waals surface area contributed by atoms with Crippen LogP contribution in [0.2, 0.25) is 5.02 Å². The van der Waals surface area contributed by atoms with E-state index in [-0.39, 0.29) is 0 Å². The molecule has 1 saturated heterocycles. The summed E-state index contributed by atoms with van der Waals surface area (Å²) in [4.78, 5) is 4.70. The van der Waals surface area contributed by atoms with Gasteiger partial charge in [-0.25, -0.2) is 0 Å². The van der Waals surface area contributed by atoms with E-state index in [0.29, 0.717) is 0 Å². The van der Waals surface area contributed by atoms with Crippen LogP contribution in [0.5, 0.6) is 0 Å². The number of hydrogen-bond acceptors (Lipinski definition) is 4. The highest BCUT2D eigenvalue weighted by Gasteiger charge is 2.24. The predicted octanol–water partition coefficient (Wildman–Crippen LogP) is 1.27. The molecular weight excluding hydrogens is 276 g/mol. The Morgan fingerprint density at radius 3 is 2.20 bits per heavy atom. The molecule has 0 amide bonds. The van der Waals surface area contributed by atoms with Crippen molar-refractivity contribution < 1.29 is 5.11 Å². The molecule has 1 fully saturated rings. The zero-order chi connectivity index (χ0) is 14.9. The minimum absolute atomic E-state index is 0.620. The normalized spacial score (nSPS) is 18.7. The van der Waals surface area contributed by atoms with Gasteiger partial charge < -0.3 is 5.11 Å². The number of aliphatic hydroxyl groups is 1. The maximum atomic E-state index is 9.86. The number of β-amino-alcohol motifs (C(OH)–C–C–N with tert-alkyl or cyclic N) is 1. The summed E-state index contributed by atoms with van der Waals surface area (Å²) in [5.41, 5.74) is 1.36. The Morgan fingerprint density at radius 1 is 1.20 bits per heavy atom. The largest absolute Gasteiger partial charge is 0.389 e. The monoisotopic (exact) mass is 300 g/mol. The second kappa shape index (κ2) is 6.02. The molecule has 1 aliphatic rings. The summed E-state index contributed by atoms with van der Waals surface area (Å²) < 4.78 is 1.88. The van der Waals surface area contributed by atoms with Crippen LogP contribution >= 0.6 is 11.6 Å². The van der Waals surface area contributed by atoms with Crippen LogP contribution < -0.4 is 0 Å². The minimum Gasteiger partial charge on any atom is -0.389 e. The van der Waals surface area contributed by atoms with Gasteiger partial charge in [-0.3, -0.25) is 14.5 Å². The quantitative estimate of drug-likeness (QED) is 0.909. The predicted molar refractivity (Wildman–Crippen MR) is 81.0 cm³/mol. The lowest BCUT2D eigenvalue weighted by molar-refractivity contribution is 0.0164. The molecule has 0 unspecified atom stereocenters. The van der Waals surface area contributed by atoms with E-state index in [0.717, 1.165) is 55.7 Å². The summed E-state index contributed by atoms with van der Waals surface area (Å²) in [6.45, 7) is 11.2. The number of piperazine rings is 1. The number of hydrogen-bond donors (Lipinski definition) is 1. The van der Waals surface area contributed by atoms with Crippen LogP contribution in [-0.4, -0.2) is 63.0 Å². The van der Waals surface area contributed by atoms with E-state index < -0.39 is 5.60 Å². The van der Waals surface area contributed by atoms with Crippen LogP contribution in [0.3, 0.4) is 0 Å². The van der Waals surface area contributed by atoms with Gasteiger partial charge in [-0.2, -0.15) is 5.10 Å². The van der Waals surface area contributed by atoms with Gasteiger partial charge in [-0.15, -0.1) is 0 Å². The first kappa shape index (κ1) is 15.8. The lowest BCUT2D eigenvalue weighted by Crippen LogP contribution is -2.50. The number of halogens is 1. The molecule has 6 heteroatoms. The molecule has 1 aromatic rings. The van der Waals surface area contributed by atoms with Crippen molar-refractivity contribution in [3.05, 3.63) is 16.4 Å². The smallest absolute Gasteiger partial charge is 0.0860 e. The first-order valence-electron chi connectivity index (χ1n) is 7.11. The van der Waals surface area contributed by atoms with Crippen molar-refractivity contribution in [1.29, 1.82) is 0 Å². The number of nitrogens with zero attached hydrogens (tertiary/aromatic N) is 4. The zero-order valence-electron chi connectivity index (χ0n) is 12.9. The maximum Gasteiger partial charge on any atom is 0.0860 e. The Labute approximate surface area is 126 Å². The first-order chi connectivity index (χ1) is 9.26. The van der Waals surface area contributed by atoms with Gasteiger partial charge in [0.15, 0.2) is 0 Å². The lowest BCUT2D eigenvalue weighted by Gasteiger charge is -2.37. The molecule has 0 radical (unpaired) electrons. The van der Waals surface area contributed by atoms with Gasteiger partial charge in [0.1, 0.15) is 0 Å². The summed E-state index contributed by atoms with van der Waals surface area (Å²) in [6.07, 6.45) is 0. The minimum atomic E-state index is -0.620. The van der Waals surface area contributed by atoms with Crippen LogP contribution in [0.25, 0.3) is 0 Å². The van der Waals surface area contributed by atoms with Crippen molar-refractivity contribution in [2.45, 2.75) is 32.9 Å². The Hall–Kier alpha value is -0.620. The molecule has 5 nitrogen and oxygen atoms in total. The van der Waals surface area contributed by atoms with Crippen LogP contribution in [0.4, 0.5) is 0 Å². The van der Waals surface area contributed by atoms with E-state index in [4.69, 9.17) is 11.6 Å². The second-order valence-corrected chi connectivity index (χ2v) is 6.71. The van der Waals surface area contributed by atoms with Crippen molar-refractivity contribution in [2.75, 3.05) is 32.7 Å². The fourth-order valence-corrected chi connectivity index (χ4v) is 2.94. The van der Waals surface area contributed by atoms with E-state index in [1.165, 1.54) is 0 Å². The Morgan fingerprint density at radius 2 is 1.75 bits per heavy atom. The summed E-state index contributed by atoms with van der Waals surface area (Å²) in [5.74, 6) is 0. The fourth-order valence-electron chi connectivity index (χ4n) is 2.72. The lowest BCUT2D eigenvalue weighted by atomic mass is 10.1. The maximum absolute atomic E-state index is 9.86. The molecule has 2 heterocycles. The third-order valence-electron chi connectivity index (χ3n) is 3.71. The number of rotatable bonds is 4. The molecule has 0 saturated carbocycles. The van der Waals surface area contributed by atoms with Crippen LogP contribution in [0.15, 0.2) is 0 Å². The van der Waals surface area contributed by atoms with Crippen LogP contribution in [0.1, 0.15) is 25.2 Å². The first-order valence-corrected chi connectivity index (χ1v) is 7.49. The number of aromatic nitrogens is 2. The molecule has 0 bridgehead atoms. The van der Waals surface area contributed by atoms with Crippen molar-refractivity contribution in [1.82, 2.24) is 19.6 Å². The van der Waals surface area contributed by atoms with Gasteiger partial charge in [-0.1, -0.05) is 11.6 Å². The molecule has 2 rings (SSSR count). The standard InChI is InChI=1S/C14H25ClN4O/c1-11-13(15)12(17(4)16-11)9-18-5-7-19(8-6-18)10-14(2,3)20/h20H,5-10H2,1-4H3. The topological polar surface area (TPSA) is 44.5 Å². The highest BCUT2D eigenvalue weighted by Crippen LogP contribution is 2.21. The second-order valence-electron chi connectivity index (χ2n) is 6.33. The molecule has 1 aromatic heterocycles. The molecule has 0 spiro atoms. The van der Waals surface area contributed by atoms with Gasteiger partial charge in [0, 0.05) is 46.3 Å². The van der Waals surface area contributed by atoms with Crippen LogP contribution in [0, 0.1) is 6.92 Å². The van der Waals surface area contributed by atoms with Gasteiger partial charge in [0.05, 0.1) is 22.0 Å². The summed E-state index contributed by atoms with van der Waals surface area (Å²) >= 11 is 6.30. The Bertz CT molecular complexity index is 458. The zero-order valence-corrected chi connectivity index (χ0v) is 13.6. The van der Waals surface area contributed by atoms with Crippen molar-refractivity contribution in [2.24, 2.45) is 7.05 Å². The van der Waals surface area contributed by atoms with Gasteiger partial charge in [0.2, 0.25) is 0 Å². The molecule has 0 atom stereocenters. The third-order valence-corrected chi connectivity index (χ3v) is 4.20. The van der Waals surface area contributed by atoms with E-state index in [2.05, 4.69) is 14.9 Å². The number of aryl methyl sites for hydroxylation is 2. The van der Waals surface area contributed by atoms with Gasteiger partial charge in [0.25, 0.3) is 0 Å². The van der Waals surface area contributed by atoms with E-state index in [1.54, 1.807) is 0 Å². The molecule has 0 aliphatic carbocycles. The van der Waals surface area contributed by atoms with Crippen molar-refractivity contribution in [3.63, 3.8) is 0 Å². The van der Waals surface area contributed by atoms with Crippen LogP contribution in [-0.2, 0) is 13.6 Å². The summed E-state index contributed by atoms with van der Waals surface area (Å²) in [7, 11) is 1.94. The van der Waals surface area contributed by atoms with Gasteiger partial charge >= 0.3 is 0 Å². The highest BCUT2D eigenvalue weighted by molar-refractivity contribution is 6.31. The Kier molecular flexibility index (Phi) is 4.74. The van der Waals surface area contributed by atoms with Crippen molar-refractivity contribution in [3.8, 4) is 0 Å². The average Bonchev–Trinajstić information content (AvgIpc) is 2.56. The van der Waals surface area contributed by atoms with E-state index in [1.807, 2.05) is 32.5 Å².